The van der Waals surface area contributed by atoms with Crippen molar-refractivity contribution in [1.82, 2.24) is 9.47 Å². The quantitative estimate of drug-likeness (QED) is 0.721. The highest BCUT2D eigenvalue weighted by Crippen LogP contribution is 2.20. The maximum absolute atomic E-state index is 11.7. The van der Waals surface area contributed by atoms with Crippen molar-refractivity contribution in [3.63, 3.8) is 0 Å². The molecule has 1 aromatic heterocycles. The van der Waals surface area contributed by atoms with Crippen LogP contribution in [0.1, 0.15) is 31.5 Å². The number of pyridine rings is 1. The van der Waals surface area contributed by atoms with E-state index in [1.54, 1.807) is 0 Å². The van der Waals surface area contributed by atoms with Gasteiger partial charge in [0.25, 0.3) is 0 Å². The molecule has 1 aromatic rings. The average molecular weight is 324 g/mol. The normalized spacial score (nSPS) is 20.1. The Morgan fingerprint density at radius 3 is 2.70 bits per heavy atom. The lowest BCUT2D eigenvalue weighted by Crippen LogP contribution is -2.39. The Labute approximate surface area is 132 Å². The summed E-state index contributed by atoms with van der Waals surface area (Å²) in [7, 11) is 0. The SMILES string of the molecule is CC(C(=O)O)n1cc(O)c(=O)cc1CN1CCCC(C(=O)O)C1. The van der Waals surface area contributed by atoms with Crippen LogP contribution in [0.25, 0.3) is 0 Å². The second-order valence-electron chi connectivity index (χ2n) is 5.85. The van der Waals surface area contributed by atoms with Crippen molar-refractivity contribution in [2.45, 2.75) is 32.4 Å². The number of nitrogens with zero attached hydrogens (tertiary/aromatic N) is 2. The first-order valence-electron chi connectivity index (χ1n) is 7.41. The first-order chi connectivity index (χ1) is 10.8. The molecule has 2 rings (SSSR count). The molecule has 0 radical (unpaired) electrons. The molecule has 1 saturated heterocycles. The van der Waals surface area contributed by atoms with Crippen molar-refractivity contribution >= 4 is 11.9 Å². The first kappa shape index (κ1) is 17.0. The topological polar surface area (TPSA) is 120 Å². The van der Waals surface area contributed by atoms with Gasteiger partial charge in [-0.15, -0.1) is 0 Å². The number of aliphatic carboxylic acids is 2. The van der Waals surface area contributed by atoms with E-state index in [9.17, 15) is 19.5 Å². The molecule has 0 aliphatic carbocycles. The zero-order valence-electron chi connectivity index (χ0n) is 12.8. The molecule has 1 aliphatic rings. The highest BCUT2D eigenvalue weighted by molar-refractivity contribution is 5.71. The summed E-state index contributed by atoms with van der Waals surface area (Å²) in [5.41, 5.74) is -0.144. The molecule has 2 heterocycles. The van der Waals surface area contributed by atoms with Gasteiger partial charge in [-0.2, -0.15) is 0 Å². The monoisotopic (exact) mass is 324 g/mol. The Bertz CT molecular complexity index is 668. The van der Waals surface area contributed by atoms with Crippen LogP contribution in [0.2, 0.25) is 0 Å². The molecule has 2 unspecified atom stereocenters. The van der Waals surface area contributed by atoms with E-state index in [4.69, 9.17) is 10.2 Å². The number of piperidine rings is 1. The second-order valence-corrected chi connectivity index (χ2v) is 5.85. The minimum atomic E-state index is -1.09. The molecule has 1 fully saturated rings. The number of hydrogen-bond donors (Lipinski definition) is 3. The Hall–Kier alpha value is -2.35. The Morgan fingerprint density at radius 2 is 2.09 bits per heavy atom. The van der Waals surface area contributed by atoms with Crippen LogP contribution in [0.15, 0.2) is 17.1 Å². The highest BCUT2D eigenvalue weighted by atomic mass is 16.4. The molecule has 126 valence electrons. The lowest BCUT2D eigenvalue weighted by molar-refractivity contribution is -0.143. The minimum absolute atomic E-state index is 0.261. The fraction of sp³-hybridized carbons (Fsp3) is 0.533. The van der Waals surface area contributed by atoms with Gasteiger partial charge in [0, 0.05) is 24.8 Å². The van der Waals surface area contributed by atoms with E-state index in [2.05, 4.69) is 0 Å². The van der Waals surface area contributed by atoms with Crippen LogP contribution in [0.3, 0.4) is 0 Å². The molecule has 0 bridgehead atoms. The standard InChI is InChI=1S/C15H20N2O6/c1-9(14(20)21)17-8-13(19)12(18)5-11(17)7-16-4-2-3-10(6-16)15(22)23/h5,8-10,19H,2-4,6-7H2,1H3,(H,20,21)(H,22,23). The van der Waals surface area contributed by atoms with Crippen molar-refractivity contribution < 1.29 is 24.9 Å². The van der Waals surface area contributed by atoms with Crippen LogP contribution < -0.4 is 5.43 Å². The van der Waals surface area contributed by atoms with Gasteiger partial charge in [0.15, 0.2) is 5.75 Å². The van der Waals surface area contributed by atoms with Crippen LogP contribution in [0.4, 0.5) is 0 Å². The molecule has 3 N–H and O–H groups in total. The molecule has 0 aromatic carbocycles. The number of carboxylic acids is 2. The maximum atomic E-state index is 11.7. The van der Waals surface area contributed by atoms with Gasteiger partial charge in [-0.25, -0.2) is 4.79 Å². The number of aromatic hydroxyl groups is 1. The third-order valence-corrected chi connectivity index (χ3v) is 4.16. The highest BCUT2D eigenvalue weighted by Gasteiger charge is 2.26. The van der Waals surface area contributed by atoms with Crippen LogP contribution in [0, 0.1) is 5.92 Å². The summed E-state index contributed by atoms with van der Waals surface area (Å²) >= 11 is 0. The number of hydrogen-bond acceptors (Lipinski definition) is 5. The first-order valence-corrected chi connectivity index (χ1v) is 7.41. The second kappa shape index (κ2) is 6.82. The van der Waals surface area contributed by atoms with E-state index >= 15 is 0 Å². The van der Waals surface area contributed by atoms with E-state index in [0.717, 1.165) is 12.6 Å². The smallest absolute Gasteiger partial charge is 0.326 e. The van der Waals surface area contributed by atoms with Crippen molar-refractivity contribution in [2.75, 3.05) is 13.1 Å². The zero-order chi connectivity index (χ0) is 17.1. The van der Waals surface area contributed by atoms with Gasteiger partial charge in [0.1, 0.15) is 6.04 Å². The summed E-state index contributed by atoms with van der Waals surface area (Å²) < 4.78 is 1.34. The Balaban J connectivity index is 2.28. The van der Waals surface area contributed by atoms with Gasteiger partial charge in [-0.05, 0) is 26.3 Å². The molecule has 0 spiro atoms. The van der Waals surface area contributed by atoms with Crippen LogP contribution in [-0.2, 0) is 16.1 Å². The molecule has 23 heavy (non-hydrogen) atoms. The Morgan fingerprint density at radius 1 is 1.39 bits per heavy atom. The van der Waals surface area contributed by atoms with Crippen molar-refractivity contribution in [3.05, 3.63) is 28.2 Å². The van der Waals surface area contributed by atoms with Crippen molar-refractivity contribution in [1.29, 1.82) is 0 Å². The van der Waals surface area contributed by atoms with Crippen molar-refractivity contribution in [2.24, 2.45) is 5.92 Å². The molecule has 0 saturated carbocycles. The number of aromatic nitrogens is 1. The average Bonchev–Trinajstić information content (AvgIpc) is 2.50. The number of carboxylic acid groups (broad SMARTS) is 2. The zero-order valence-corrected chi connectivity index (χ0v) is 12.8. The number of carbonyl (C=O) groups is 2. The summed E-state index contributed by atoms with van der Waals surface area (Å²) in [5.74, 6) is -2.91. The van der Waals surface area contributed by atoms with E-state index in [1.807, 2.05) is 4.90 Å². The summed E-state index contributed by atoms with van der Waals surface area (Å²) in [6.07, 6.45) is 2.46. The molecule has 8 nitrogen and oxygen atoms in total. The molecule has 2 atom stereocenters. The predicted molar refractivity (Wildman–Crippen MR) is 80.4 cm³/mol. The van der Waals surface area contributed by atoms with Gasteiger partial charge in [0.2, 0.25) is 5.43 Å². The number of likely N-dealkylation sites (tertiary alicyclic amines) is 1. The summed E-state index contributed by atoms with van der Waals surface area (Å²) in [4.78, 5) is 35.9. The third-order valence-electron chi connectivity index (χ3n) is 4.16. The molecular formula is C15H20N2O6. The van der Waals surface area contributed by atoms with E-state index < -0.39 is 35.1 Å². The molecule has 8 heteroatoms. The van der Waals surface area contributed by atoms with Gasteiger partial charge in [0.05, 0.1) is 12.1 Å². The Kier molecular flexibility index (Phi) is 5.05. The third kappa shape index (κ3) is 3.89. The van der Waals surface area contributed by atoms with Crippen LogP contribution >= 0.6 is 0 Å². The van der Waals surface area contributed by atoms with Crippen molar-refractivity contribution in [3.8, 4) is 5.75 Å². The predicted octanol–water partition coefficient (Wildman–Crippen LogP) is 0.496. The lowest BCUT2D eigenvalue weighted by Gasteiger charge is -2.31. The van der Waals surface area contributed by atoms with E-state index in [-0.39, 0.29) is 6.54 Å². The van der Waals surface area contributed by atoms with Gasteiger partial charge >= 0.3 is 11.9 Å². The largest absolute Gasteiger partial charge is 0.503 e. The van der Waals surface area contributed by atoms with Crippen LogP contribution in [-0.4, -0.2) is 49.8 Å². The minimum Gasteiger partial charge on any atom is -0.503 e. The molecular weight excluding hydrogens is 304 g/mol. The van der Waals surface area contributed by atoms with E-state index in [0.29, 0.717) is 25.2 Å². The summed E-state index contributed by atoms with van der Waals surface area (Å²) in [6.45, 7) is 2.75. The molecule has 0 amide bonds. The van der Waals surface area contributed by atoms with Gasteiger partial charge in [-0.1, -0.05) is 0 Å². The lowest BCUT2D eigenvalue weighted by atomic mass is 9.98. The van der Waals surface area contributed by atoms with E-state index in [1.165, 1.54) is 17.6 Å². The fourth-order valence-corrected chi connectivity index (χ4v) is 2.81. The molecule has 1 aliphatic heterocycles. The fourth-order valence-electron chi connectivity index (χ4n) is 2.81. The van der Waals surface area contributed by atoms with Gasteiger partial charge < -0.3 is 19.9 Å². The number of rotatable bonds is 5. The summed E-state index contributed by atoms with van der Waals surface area (Å²) in [6, 6.07) is 0.260. The van der Waals surface area contributed by atoms with Crippen LogP contribution in [0.5, 0.6) is 5.75 Å². The summed E-state index contributed by atoms with van der Waals surface area (Å²) in [5, 5.41) is 27.9. The van der Waals surface area contributed by atoms with Gasteiger partial charge in [-0.3, -0.25) is 14.5 Å². The maximum Gasteiger partial charge on any atom is 0.326 e.